The van der Waals surface area contributed by atoms with Gasteiger partial charge in [0.2, 0.25) is 5.91 Å². The van der Waals surface area contributed by atoms with Crippen LogP contribution in [0, 0.1) is 6.92 Å². The summed E-state index contributed by atoms with van der Waals surface area (Å²) in [5.74, 6) is 2.54. The number of aryl methyl sites for hydroxylation is 2. The maximum Gasteiger partial charge on any atom is 0.220 e. The minimum absolute atomic E-state index is 0.105. The Bertz CT molecular complexity index is 1240. The Morgan fingerprint density at radius 2 is 1.89 bits per heavy atom. The molecule has 0 radical (unpaired) electrons. The van der Waals surface area contributed by atoms with E-state index >= 15 is 0 Å². The first-order valence-corrected chi connectivity index (χ1v) is 11.4. The number of methoxy groups -OCH3 is 2. The summed E-state index contributed by atoms with van der Waals surface area (Å²) in [5, 5.41) is 7.18. The van der Waals surface area contributed by atoms with E-state index in [0.29, 0.717) is 13.0 Å². The van der Waals surface area contributed by atoms with Crippen molar-refractivity contribution >= 4 is 17.8 Å². The number of allylic oxidation sites excluding steroid dienone is 1. The first-order valence-electron chi connectivity index (χ1n) is 11.4. The predicted molar refractivity (Wildman–Crippen MR) is 135 cm³/mol. The van der Waals surface area contributed by atoms with Crippen LogP contribution in [-0.2, 0) is 11.8 Å². The lowest BCUT2D eigenvalue weighted by Crippen LogP contribution is -2.39. The van der Waals surface area contributed by atoms with E-state index < -0.39 is 0 Å². The molecule has 0 bridgehead atoms. The third-order valence-electron chi connectivity index (χ3n) is 5.80. The summed E-state index contributed by atoms with van der Waals surface area (Å²) in [6.45, 7) is 6.76. The molecule has 4 heterocycles. The SMILES string of the molecule is C=C1C=Cc2ncc(-c3cnn(C)c3)nc2N1CC1CCC(=O)N1.COc1cc(C)cc(OC)c1. The number of carbonyl (C=O) groups excluding carboxylic acids is 1. The maximum atomic E-state index is 11.5. The Morgan fingerprint density at radius 1 is 1.14 bits per heavy atom. The van der Waals surface area contributed by atoms with E-state index in [9.17, 15) is 4.79 Å². The van der Waals surface area contributed by atoms with Crippen molar-refractivity contribution < 1.29 is 14.3 Å². The van der Waals surface area contributed by atoms with Crippen molar-refractivity contribution in [2.45, 2.75) is 25.8 Å². The molecule has 1 amide bonds. The van der Waals surface area contributed by atoms with Gasteiger partial charge >= 0.3 is 0 Å². The van der Waals surface area contributed by atoms with Crippen molar-refractivity contribution in [3.8, 4) is 22.8 Å². The van der Waals surface area contributed by atoms with Gasteiger partial charge in [0.15, 0.2) is 5.82 Å². The number of nitrogens with zero attached hydrogens (tertiary/aromatic N) is 5. The second-order valence-electron chi connectivity index (χ2n) is 8.50. The predicted octanol–water partition coefficient (Wildman–Crippen LogP) is 3.51. The zero-order valence-corrected chi connectivity index (χ0v) is 20.5. The van der Waals surface area contributed by atoms with E-state index in [2.05, 4.69) is 22.0 Å². The lowest BCUT2D eigenvalue weighted by molar-refractivity contribution is -0.119. The second kappa shape index (κ2) is 10.4. The van der Waals surface area contributed by atoms with Gasteiger partial charge in [0.1, 0.15) is 17.2 Å². The van der Waals surface area contributed by atoms with E-state index in [1.165, 1.54) is 0 Å². The van der Waals surface area contributed by atoms with Crippen molar-refractivity contribution in [1.29, 1.82) is 0 Å². The van der Waals surface area contributed by atoms with Crippen molar-refractivity contribution in [3.63, 3.8) is 0 Å². The van der Waals surface area contributed by atoms with Crippen LogP contribution in [-0.4, -0.2) is 52.5 Å². The molecule has 2 aromatic heterocycles. The number of ether oxygens (including phenoxy) is 2. The molecule has 1 N–H and O–H groups in total. The van der Waals surface area contributed by atoms with Gasteiger partial charge in [0, 0.05) is 49.6 Å². The van der Waals surface area contributed by atoms with Crippen LogP contribution < -0.4 is 19.7 Å². The minimum Gasteiger partial charge on any atom is -0.497 e. The fraction of sp³-hybridized carbons (Fsp3) is 0.308. The van der Waals surface area contributed by atoms with Crippen LogP contribution in [0.15, 0.2) is 55.1 Å². The highest BCUT2D eigenvalue weighted by Crippen LogP contribution is 2.30. The first kappa shape index (κ1) is 24.0. The monoisotopic (exact) mass is 474 g/mol. The smallest absolute Gasteiger partial charge is 0.220 e. The van der Waals surface area contributed by atoms with Gasteiger partial charge in [-0.15, -0.1) is 0 Å². The molecule has 1 aromatic carbocycles. The van der Waals surface area contributed by atoms with Gasteiger partial charge in [-0.05, 0) is 43.2 Å². The van der Waals surface area contributed by atoms with E-state index in [1.54, 1.807) is 31.3 Å². The van der Waals surface area contributed by atoms with Crippen molar-refractivity contribution in [2.24, 2.45) is 7.05 Å². The molecule has 182 valence electrons. The normalized spacial score (nSPS) is 16.3. The molecule has 1 fully saturated rings. The van der Waals surface area contributed by atoms with Crippen LogP contribution in [0.3, 0.4) is 0 Å². The molecular formula is C26H30N6O3. The molecular weight excluding hydrogens is 444 g/mol. The molecule has 2 aliphatic rings. The number of fused-ring (bicyclic) bond motifs is 1. The van der Waals surface area contributed by atoms with Crippen LogP contribution in [0.4, 0.5) is 5.82 Å². The van der Waals surface area contributed by atoms with E-state index in [4.69, 9.17) is 14.5 Å². The van der Waals surface area contributed by atoms with Crippen LogP contribution in [0.25, 0.3) is 17.3 Å². The number of nitrogens with one attached hydrogen (secondary N) is 1. The molecule has 0 spiro atoms. The Kier molecular flexibility index (Phi) is 7.14. The summed E-state index contributed by atoms with van der Waals surface area (Å²) < 4.78 is 11.9. The third kappa shape index (κ3) is 5.68. The molecule has 1 saturated heterocycles. The van der Waals surface area contributed by atoms with Gasteiger partial charge in [-0.25, -0.2) is 4.98 Å². The molecule has 0 aliphatic carbocycles. The topological polar surface area (TPSA) is 94.4 Å². The highest BCUT2D eigenvalue weighted by atomic mass is 16.5. The highest BCUT2D eigenvalue weighted by molar-refractivity contribution is 5.79. The Hall–Kier alpha value is -4.14. The minimum atomic E-state index is 0.105. The molecule has 9 nitrogen and oxygen atoms in total. The van der Waals surface area contributed by atoms with Gasteiger partial charge in [0.05, 0.1) is 32.3 Å². The molecule has 0 saturated carbocycles. The standard InChI is InChI=1S/C17H18N6O.C9H12O2/c1-11-3-5-14-17(23(11)10-13-4-6-16(24)20-13)21-15(8-18-14)12-7-19-22(2)9-12;1-7-4-8(10-2)6-9(5-7)11-3/h3,5,7-9,13H,1,4,6,10H2,2H3,(H,20,24);4-6H,1-3H3. The number of benzene rings is 1. The quantitative estimate of drug-likeness (QED) is 0.605. The summed E-state index contributed by atoms with van der Waals surface area (Å²) in [7, 11) is 5.16. The van der Waals surface area contributed by atoms with Gasteiger partial charge in [-0.2, -0.15) is 5.10 Å². The lowest BCUT2D eigenvalue weighted by Gasteiger charge is -2.30. The van der Waals surface area contributed by atoms with Gasteiger partial charge in [0.25, 0.3) is 0 Å². The Labute approximate surface area is 205 Å². The van der Waals surface area contributed by atoms with Gasteiger partial charge in [-0.1, -0.05) is 6.58 Å². The van der Waals surface area contributed by atoms with Crippen LogP contribution in [0.2, 0.25) is 0 Å². The number of rotatable bonds is 5. The molecule has 1 atom stereocenters. The first-order chi connectivity index (χ1) is 16.9. The van der Waals surface area contributed by atoms with Crippen molar-refractivity contribution in [2.75, 3.05) is 25.7 Å². The summed E-state index contributed by atoms with van der Waals surface area (Å²) in [6, 6.07) is 5.88. The summed E-state index contributed by atoms with van der Waals surface area (Å²) in [6.07, 6.45) is 10.7. The zero-order valence-electron chi connectivity index (χ0n) is 20.5. The number of anilines is 1. The average molecular weight is 475 g/mol. The summed E-state index contributed by atoms with van der Waals surface area (Å²) in [4.78, 5) is 22.8. The second-order valence-corrected chi connectivity index (χ2v) is 8.50. The van der Waals surface area contributed by atoms with E-state index in [0.717, 1.165) is 51.9 Å². The molecule has 3 aromatic rings. The van der Waals surface area contributed by atoms with Crippen molar-refractivity contribution in [1.82, 2.24) is 25.1 Å². The van der Waals surface area contributed by atoms with Gasteiger partial charge in [-0.3, -0.25) is 14.5 Å². The van der Waals surface area contributed by atoms with Crippen LogP contribution >= 0.6 is 0 Å². The maximum absolute atomic E-state index is 11.5. The molecule has 5 rings (SSSR count). The largest absolute Gasteiger partial charge is 0.497 e. The summed E-state index contributed by atoms with van der Waals surface area (Å²) >= 11 is 0. The number of hydrogen-bond donors (Lipinski definition) is 1. The average Bonchev–Trinajstić information content (AvgIpc) is 3.48. The fourth-order valence-corrected chi connectivity index (χ4v) is 3.99. The number of aromatic nitrogens is 4. The third-order valence-corrected chi connectivity index (χ3v) is 5.80. The summed E-state index contributed by atoms with van der Waals surface area (Å²) in [5.41, 5.74) is 4.48. The molecule has 1 unspecified atom stereocenters. The fourth-order valence-electron chi connectivity index (χ4n) is 3.99. The molecule has 9 heteroatoms. The number of amides is 1. The van der Waals surface area contributed by atoms with E-state index in [1.807, 2.05) is 55.4 Å². The zero-order chi connectivity index (χ0) is 24.9. The Balaban J connectivity index is 0.000000221. The lowest BCUT2D eigenvalue weighted by atomic mass is 10.1. The van der Waals surface area contributed by atoms with Crippen molar-refractivity contribution in [3.05, 3.63) is 66.4 Å². The van der Waals surface area contributed by atoms with Crippen LogP contribution in [0.5, 0.6) is 11.5 Å². The number of hydrogen-bond acceptors (Lipinski definition) is 7. The molecule has 2 aliphatic heterocycles. The van der Waals surface area contributed by atoms with E-state index in [-0.39, 0.29) is 11.9 Å². The van der Waals surface area contributed by atoms with Crippen LogP contribution in [0.1, 0.15) is 24.1 Å². The number of carbonyl (C=O) groups is 1. The highest BCUT2D eigenvalue weighted by Gasteiger charge is 2.27. The Morgan fingerprint density at radius 3 is 2.49 bits per heavy atom. The van der Waals surface area contributed by atoms with Gasteiger partial charge < -0.3 is 19.7 Å². The molecule has 35 heavy (non-hydrogen) atoms.